The van der Waals surface area contributed by atoms with Crippen molar-refractivity contribution in [3.05, 3.63) is 0 Å². The van der Waals surface area contributed by atoms with E-state index in [1.807, 2.05) is 0 Å². The number of halogens is 1. The van der Waals surface area contributed by atoms with Crippen molar-refractivity contribution >= 4 is 22.9 Å². The minimum Gasteiger partial charge on any atom is -0.385 e. The van der Waals surface area contributed by atoms with Gasteiger partial charge in [0.05, 0.1) is 0 Å². The van der Waals surface area contributed by atoms with Crippen molar-refractivity contribution in [3.63, 3.8) is 0 Å². The molecule has 0 bridgehead atoms. The third kappa shape index (κ3) is 6.65. The molecular formula is C4H10INO. The van der Waals surface area contributed by atoms with Gasteiger partial charge in [0.1, 0.15) is 0 Å². The predicted molar refractivity (Wildman–Crippen MR) is 38.5 cm³/mol. The van der Waals surface area contributed by atoms with Crippen molar-refractivity contribution in [3.8, 4) is 0 Å². The van der Waals surface area contributed by atoms with Gasteiger partial charge in [0.25, 0.3) is 0 Å². The van der Waals surface area contributed by atoms with Gasteiger partial charge in [-0.3, -0.25) is 3.53 Å². The first-order chi connectivity index (χ1) is 3.41. The Bertz CT molecular complexity index is 30.9. The molecule has 0 amide bonds. The van der Waals surface area contributed by atoms with E-state index in [9.17, 15) is 0 Å². The molecule has 44 valence electrons. The van der Waals surface area contributed by atoms with Gasteiger partial charge in [-0.05, 0) is 6.42 Å². The molecule has 7 heavy (non-hydrogen) atoms. The van der Waals surface area contributed by atoms with Crippen LogP contribution >= 0.6 is 22.9 Å². The lowest BCUT2D eigenvalue weighted by Gasteiger charge is -1.93. The van der Waals surface area contributed by atoms with Crippen LogP contribution in [-0.4, -0.2) is 20.3 Å². The van der Waals surface area contributed by atoms with Crippen LogP contribution in [0.1, 0.15) is 6.42 Å². The molecule has 1 N–H and O–H groups in total. The van der Waals surface area contributed by atoms with Gasteiger partial charge in [-0.1, -0.05) is 0 Å². The zero-order chi connectivity index (χ0) is 5.54. The Morgan fingerprint density at radius 3 is 2.86 bits per heavy atom. The molecule has 0 saturated heterocycles. The second-order valence-electron chi connectivity index (χ2n) is 1.23. The van der Waals surface area contributed by atoms with Crippen LogP contribution in [0.3, 0.4) is 0 Å². The first-order valence-electron chi connectivity index (χ1n) is 2.24. The monoisotopic (exact) mass is 215 g/mol. The van der Waals surface area contributed by atoms with Crippen LogP contribution in [0.4, 0.5) is 0 Å². The topological polar surface area (TPSA) is 21.3 Å². The maximum atomic E-state index is 4.80. The highest BCUT2D eigenvalue weighted by Gasteiger charge is 1.79. The third-order valence-corrected chi connectivity index (χ3v) is 1.16. The van der Waals surface area contributed by atoms with Crippen LogP contribution in [0, 0.1) is 0 Å². The Hall–Kier alpha value is 0.650. The van der Waals surface area contributed by atoms with Gasteiger partial charge in [0, 0.05) is 43.1 Å². The Labute approximate surface area is 58.1 Å². The molecule has 0 aromatic rings. The lowest BCUT2D eigenvalue weighted by molar-refractivity contribution is 0.196. The summed E-state index contributed by atoms with van der Waals surface area (Å²) < 4.78 is 7.79. The van der Waals surface area contributed by atoms with Gasteiger partial charge in [-0.25, -0.2) is 0 Å². The van der Waals surface area contributed by atoms with Crippen molar-refractivity contribution in [1.82, 2.24) is 3.53 Å². The highest BCUT2D eigenvalue weighted by Crippen LogP contribution is 1.77. The molecule has 2 nitrogen and oxygen atoms in total. The molecule has 0 fully saturated rings. The van der Waals surface area contributed by atoms with Crippen LogP contribution < -0.4 is 3.53 Å². The molecule has 0 unspecified atom stereocenters. The molecule has 0 spiro atoms. The van der Waals surface area contributed by atoms with E-state index >= 15 is 0 Å². The SMILES string of the molecule is COCCCNI. The maximum absolute atomic E-state index is 4.80. The quantitative estimate of drug-likeness (QED) is 0.428. The van der Waals surface area contributed by atoms with Crippen molar-refractivity contribution in [2.24, 2.45) is 0 Å². The average Bonchev–Trinajstić information content (AvgIpc) is 1.69. The fraction of sp³-hybridized carbons (Fsp3) is 1.00. The van der Waals surface area contributed by atoms with Crippen LogP contribution in [0.5, 0.6) is 0 Å². The molecule has 0 atom stereocenters. The highest BCUT2D eigenvalue weighted by atomic mass is 127. The van der Waals surface area contributed by atoms with Gasteiger partial charge in [0.2, 0.25) is 0 Å². The summed E-state index contributed by atoms with van der Waals surface area (Å²) in [5.41, 5.74) is 0. The van der Waals surface area contributed by atoms with Crippen LogP contribution in [0.2, 0.25) is 0 Å². The van der Waals surface area contributed by atoms with Gasteiger partial charge in [0.15, 0.2) is 0 Å². The Kier molecular flexibility index (Phi) is 7.27. The van der Waals surface area contributed by atoms with E-state index in [0.717, 1.165) is 19.6 Å². The van der Waals surface area contributed by atoms with Crippen molar-refractivity contribution < 1.29 is 4.74 Å². The number of methoxy groups -OCH3 is 1. The van der Waals surface area contributed by atoms with E-state index in [1.54, 1.807) is 7.11 Å². The second-order valence-corrected chi connectivity index (χ2v) is 1.99. The van der Waals surface area contributed by atoms with Crippen LogP contribution in [-0.2, 0) is 4.74 Å². The van der Waals surface area contributed by atoms with Crippen molar-refractivity contribution in [2.75, 3.05) is 20.3 Å². The molecule has 0 aliphatic carbocycles. The number of nitrogens with one attached hydrogen (secondary N) is 1. The van der Waals surface area contributed by atoms with Gasteiger partial charge in [-0.2, -0.15) is 0 Å². The standard InChI is InChI=1S/C4H10INO/c1-7-4-2-3-6-5/h6H,2-4H2,1H3. The highest BCUT2D eigenvalue weighted by molar-refractivity contribution is 14.1. The molecule has 0 aliphatic rings. The molecule has 0 saturated carbocycles. The second kappa shape index (κ2) is 6.65. The smallest absolute Gasteiger partial charge is 0.0474 e. The molecular weight excluding hydrogens is 205 g/mol. The zero-order valence-corrected chi connectivity index (χ0v) is 6.57. The first-order valence-corrected chi connectivity index (χ1v) is 3.32. The Morgan fingerprint density at radius 2 is 2.43 bits per heavy atom. The summed E-state index contributed by atoms with van der Waals surface area (Å²) in [5, 5.41) is 0. The van der Waals surface area contributed by atoms with E-state index in [2.05, 4.69) is 26.4 Å². The van der Waals surface area contributed by atoms with E-state index in [4.69, 9.17) is 4.74 Å². The molecule has 0 aromatic heterocycles. The maximum Gasteiger partial charge on any atom is 0.0474 e. The lowest BCUT2D eigenvalue weighted by atomic mass is 10.5. The zero-order valence-electron chi connectivity index (χ0n) is 4.41. The third-order valence-electron chi connectivity index (χ3n) is 0.620. The Balaban J connectivity index is 2.45. The molecule has 0 radical (unpaired) electrons. The molecule has 0 aliphatic heterocycles. The predicted octanol–water partition coefficient (Wildman–Crippen LogP) is 0.963. The van der Waals surface area contributed by atoms with Crippen LogP contribution in [0.25, 0.3) is 0 Å². The van der Waals surface area contributed by atoms with Crippen LogP contribution in [0.15, 0.2) is 0 Å². The normalized spacial score (nSPS) is 9.43. The van der Waals surface area contributed by atoms with Gasteiger partial charge >= 0.3 is 0 Å². The number of ether oxygens (including phenoxy) is 1. The van der Waals surface area contributed by atoms with E-state index in [1.165, 1.54) is 0 Å². The minimum atomic E-state index is 0.857. The van der Waals surface area contributed by atoms with E-state index < -0.39 is 0 Å². The van der Waals surface area contributed by atoms with Gasteiger partial charge < -0.3 is 4.74 Å². The summed E-state index contributed by atoms with van der Waals surface area (Å²) in [7, 11) is 1.72. The van der Waals surface area contributed by atoms with Crippen molar-refractivity contribution in [1.29, 1.82) is 0 Å². The number of rotatable bonds is 4. The number of hydrogen-bond donors (Lipinski definition) is 1. The van der Waals surface area contributed by atoms with E-state index in [-0.39, 0.29) is 0 Å². The molecule has 0 heterocycles. The average molecular weight is 215 g/mol. The molecule has 0 aromatic carbocycles. The summed E-state index contributed by atoms with van der Waals surface area (Å²) in [6.07, 6.45) is 1.10. The molecule has 3 heteroatoms. The summed E-state index contributed by atoms with van der Waals surface area (Å²) in [6.45, 7) is 1.89. The van der Waals surface area contributed by atoms with Gasteiger partial charge in [-0.15, -0.1) is 0 Å². The van der Waals surface area contributed by atoms with Crippen molar-refractivity contribution in [2.45, 2.75) is 6.42 Å². The molecule has 0 rings (SSSR count). The summed E-state index contributed by atoms with van der Waals surface area (Å²) >= 11 is 2.12. The summed E-state index contributed by atoms with van der Waals surface area (Å²) in [4.78, 5) is 0. The largest absolute Gasteiger partial charge is 0.385 e. The first kappa shape index (κ1) is 7.65. The Morgan fingerprint density at radius 1 is 1.71 bits per heavy atom. The fourth-order valence-electron chi connectivity index (χ4n) is 0.283. The minimum absolute atomic E-state index is 0.857. The summed E-state index contributed by atoms with van der Waals surface area (Å²) in [5.74, 6) is 0. The van der Waals surface area contributed by atoms with E-state index in [0.29, 0.717) is 0 Å². The fourth-order valence-corrected chi connectivity index (χ4v) is 0.665. The number of hydrogen-bond acceptors (Lipinski definition) is 2. The summed E-state index contributed by atoms with van der Waals surface area (Å²) in [6, 6.07) is 0. The lowest BCUT2D eigenvalue weighted by Crippen LogP contribution is -2.02.